The highest BCUT2D eigenvalue weighted by Crippen LogP contribution is 2.13. The van der Waals surface area contributed by atoms with Crippen LogP contribution in [-0.2, 0) is 13.1 Å². The monoisotopic (exact) mass is 272 g/mol. The highest BCUT2D eigenvalue weighted by Gasteiger charge is 2.21. The van der Waals surface area contributed by atoms with Crippen molar-refractivity contribution in [2.24, 2.45) is 0 Å². The predicted octanol–water partition coefficient (Wildman–Crippen LogP) is 1.90. The second-order valence-corrected chi connectivity index (χ2v) is 4.82. The molecule has 1 atom stereocenters. The highest BCUT2D eigenvalue weighted by molar-refractivity contribution is 5.85. The Bertz CT molecular complexity index is 337. The van der Waals surface area contributed by atoms with Crippen molar-refractivity contribution in [3.8, 4) is 0 Å². The van der Waals surface area contributed by atoms with E-state index in [4.69, 9.17) is 0 Å². The van der Waals surface area contributed by atoms with Crippen LogP contribution in [-0.4, -0.2) is 40.4 Å². The van der Waals surface area contributed by atoms with E-state index in [-0.39, 0.29) is 12.4 Å². The minimum Gasteiger partial charge on any atom is -0.314 e. The number of rotatable bonds is 5. The maximum absolute atomic E-state index is 4.35. The number of nitrogens with zero attached hydrogens (tertiary/aromatic N) is 3. The first kappa shape index (κ1) is 15.5. The van der Waals surface area contributed by atoms with Crippen LogP contribution in [0.4, 0.5) is 0 Å². The molecule has 2 heterocycles. The van der Waals surface area contributed by atoms with Crippen LogP contribution in [0.2, 0.25) is 0 Å². The molecule has 0 spiro atoms. The minimum absolute atomic E-state index is 0. The van der Waals surface area contributed by atoms with Crippen LogP contribution in [0.15, 0.2) is 12.4 Å². The summed E-state index contributed by atoms with van der Waals surface area (Å²) in [4.78, 5) is 2.59. The lowest BCUT2D eigenvalue weighted by molar-refractivity contribution is 0.144. The van der Waals surface area contributed by atoms with Gasteiger partial charge in [0.2, 0.25) is 0 Å². The van der Waals surface area contributed by atoms with Crippen LogP contribution in [0.1, 0.15) is 32.3 Å². The van der Waals surface area contributed by atoms with Gasteiger partial charge in [0.25, 0.3) is 0 Å². The van der Waals surface area contributed by atoms with Crippen molar-refractivity contribution in [3.05, 3.63) is 18.0 Å². The number of hydrogen-bond acceptors (Lipinski definition) is 3. The summed E-state index contributed by atoms with van der Waals surface area (Å²) in [6.07, 6.45) is 6.73. The summed E-state index contributed by atoms with van der Waals surface area (Å²) in [7, 11) is 0. The fourth-order valence-electron chi connectivity index (χ4n) is 2.52. The summed E-state index contributed by atoms with van der Waals surface area (Å²) >= 11 is 0. The summed E-state index contributed by atoms with van der Waals surface area (Å²) in [5.74, 6) is 0. The lowest BCUT2D eigenvalue weighted by Crippen LogP contribution is -2.50. The Morgan fingerprint density at radius 1 is 1.44 bits per heavy atom. The van der Waals surface area contributed by atoms with Gasteiger partial charge in [0.15, 0.2) is 0 Å². The Balaban J connectivity index is 0.00000162. The highest BCUT2D eigenvalue weighted by atomic mass is 35.5. The molecular formula is C13H25ClN4. The zero-order valence-corrected chi connectivity index (χ0v) is 12.2. The van der Waals surface area contributed by atoms with Gasteiger partial charge in [0, 0.05) is 50.5 Å². The van der Waals surface area contributed by atoms with E-state index in [1.807, 2.05) is 10.9 Å². The van der Waals surface area contributed by atoms with Crippen LogP contribution < -0.4 is 5.32 Å². The number of halogens is 1. The van der Waals surface area contributed by atoms with E-state index in [0.717, 1.165) is 32.7 Å². The number of nitrogens with one attached hydrogen (secondary N) is 1. The standard InChI is InChI=1S/C13H24N4.ClH/c1-3-5-13-9-14-6-7-16(13)10-12-8-15-17(4-2)11-12;/h8,11,13-14H,3-7,9-10H2,1-2H3;1H. The Morgan fingerprint density at radius 2 is 2.28 bits per heavy atom. The fourth-order valence-corrected chi connectivity index (χ4v) is 2.52. The Morgan fingerprint density at radius 3 is 2.94 bits per heavy atom. The van der Waals surface area contributed by atoms with Gasteiger partial charge in [-0.05, 0) is 13.3 Å². The lowest BCUT2D eigenvalue weighted by atomic mass is 10.1. The molecule has 18 heavy (non-hydrogen) atoms. The van der Waals surface area contributed by atoms with E-state index < -0.39 is 0 Å². The van der Waals surface area contributed by atoms with Gasteiger partial charge >= 0.3 is 0 Å². The molecular weight excluding hydrogens is 248 g/mol. The van der Waals surface area contributed by atoms with E-state index in [1.54, 1.807) is 0 Å². The molecule has 1 saturated heterocycles. The third-order valence-corrected chi connectivity index (χ3v) is 3.49. The third kappa shape index (κ3) is 3.97. The molecule has 1 fully saturated rings. The molecule has 1 aliphatic rings. The SMILES string of the molecule is CCCC1CNCCN1Cc1cnn(CC)c1.Cl. The van der Waals surface area contributed by atoms with E-state index >= 15 is 0 Å². The average Bonchev–Trinajstić information content (AvgIpc) is 2.80. The number of hydrogen-bond donors (Lipinski definition) is 1. The predicted molar refractivity (Wildman–Crippen MR) is 77.1 cm³/mol. The molecule has 4 nitrogen and oxygen atoms in total. The molecule has 0 amide bonds. The molecule has 1 aromatic rings. The average molecular weight is 273 g/mol. The van der Waals surface area contributed by atoms with E-state index in [9.17, 15) is 0 Å². The van der Waals surface area contributed by atoms with Crippen LogP contribution in [0.3, 0.4) is 0 Å². The summed E-state index contributed by atoms with van der Waals surface area (Å²) in [6, 6.07) is 0.693. The molecule has 5 heteroatoms. The van der Waals surface area contributed by atoms with Crippen LogP contribution in [0.25, 0.3) is 0 Å². The van der Waals surface area contributed by atoms with Crippen LogP contribution in [0.5, 0.6) is 0 Å². The molecule has 0 radical (unpaired) electrons. The molecule has 1 N–H and O–H groups in total. The molecule has 1 aromatic heterocycles. The van der Waals surface area contributed by atoms with Crippen molar-refractivity contribution in [2.45, 2.75) is 45.8 Å². The summed E-state index contributed by atoms with van der Waals surface area (Å²) in [6.45, 7) is 9.80. The zero-order chi connectivity index (χ0) is 12.1. The van der Waals surface area contributed by atoms with Crippen molar-refractivity contribution >= 4 is 12.4 Å². The minimum atomic E-state index is 0. The number of piperazine rings is 1. The second-order valence-electron chi connectivity index (χ2n) is 4.82. The van der Waals surface area contributed by atoms with Gasteiger partial charge in [-0.3, -0.25) is 9.58 Å². The van der Waals surface area contributed by atoms with Crippen molar-refractivity contribution < 1.29 is 0 Å². The largest absolute Gasteiger partial charge is 0.314 e. The van der Waals surface area contributed by atoms with Crippen molar-refractivity contribution in [2.75, 3.05) is 19.6 Å². The Labute approximate surface area is 116 Å². The quantitative estimate of drug-likeness (QED) is 0.889. The molecule has 104 valence electrons. The van der Waals surface area contributed by atoms with Gasteiger partial charge in [0.1, 0.15) is 0 Å². The topological polar surface area (TPSA) is 33.1 Å². The number of aryl methyl sites for hydroxylation is 1. The normalized spacial score (nSPS) is 20.7. The first-order valence-electron chi connectivity index (χ1n) is 6.79. The summed E-state index contributed by atoms with van der Waals surface area (Å²) < 4.78 is 2.01. The van der Waals surface area contributed by atoms with Gasteiger partial charge in [-0.1, -0.05) is 13.3 Å². The van der Waals surface area contributed by atoms with Crippen molar-refractivity contribution in [3.63, 3.8) is 0 Å². The molecule has 0 aromatic carbocycles. The van der Waals surface area contributed by atoms with Gasteiger partial charge in [-0.2, -0.15) is 5.10 Å². The molecule has 0 saturated carbocycles. The van der Waals surface area contributed by atoms with Crippen LogP contribution >= 0.6 is 12.4 Å². The van der Waals surface area contributed by atoms with Crippen molar-refractivity contribution in [1.82, 2.24) is 20.0 Å². The van der Waals surface area contributed by atoms with Crippen molar-refractivity contribution in [1.29, 1.82) is 0 Å². The Hall–Kier alpha value is -0.580. The molecule has 0 bridgehead atoms. The fraction of sp³-hybridized carbons (Fsp3) is 0.769. The summed E-state index contributed by atoms with van der Waals surface area (Å²) in [5, 5.41) is 7.83. The van der Waals surface area contributed by atoms with E-state index in [2.05, 4.69) is 35.4 Å². The summed E-state index contributed by atoms with van der Waals surface area (Å²) in [5.41, 5.74) is 1.34. The van der Waals surface area contributed by atoms with Gasteiger partial charge in [-0.15, -0.1) is 12.4 Å². The Kier molecular flexibility index (Phi) is 6.68. The third-order valence-electron chi connectivity index (χ3n) is 3.49. The maximum Gasteiger partial charge on any atom is 0.0534 e. The lowest BCUT2D eigenvalue weighted by Gasteiger charge is -2.35. The van der Waals surface area contributed by atoms with Gasteiger partial charge in [0.05, 0.1) is 6.20 Å². The molecule has 2 rings (SSSR count). The zero-order valence-electron chi connectivity index (χ0n) is 11.4. The molecule has 0 aliphatic carbocycles. The van der Waals surface area contributed by atoms with Crippen LogP contribution in [0, 0.1) is 0 Å². The first-order chi connectivity index (χ1) is 8.33. The second kappa shape index (κ2) is 7.77. The smallest absolute Gasteiger partial charge is 0.0534 e. The maximum atomic E-state index is 4.35. The van der Waals surface area contributed by atoms with E-state index in [1.165, 1.54) is 18.4 Å². The van der Waals surface area contributed by atoms with Gasteiger partial charge < -0.3 is 5.32 Å². The van der Waals surface area contributed by atoms with Gasteiger partial charge in [-0.25, -0.2) is 0 Å². The van der Waals surface area contributed by atoms with E-state index in [0.29, 0.717) is 6.04 Å². The molecule has 1 unspecified atom stereocenters. The number of aromatic nitrogens is 2. The molecule has 1 aliphatic heterocycles. The first-order valence-corrected chi connectivity index (χ1v) is 6.79.